The molecule has 5 nitrogen and oxygen atoms in total. The van der Waals surface area contributed by atoms with Crippen LogP contribution in [0.15, 0.2) is 4.99 Å². The molecular formula is C17H34N4OS. The van der Waals surface area contributed by atoms with E-state index in [-0.39, 0.29) is 0 Å². The number of methoxy groups -OCH3 is 1. The second-order valence-electron chi connectivity index (χ2n) is 6.56. The molecule has 0 aromatic heterocycles. The first-order valence-electron chi connectivity index (χ1n) is 9.15. The summed E-state index contributed by atoms with van der Waals surface area (Å²) in [4.78, 5) is 7.37. The van der Waals surface area contributed by atoms with E-state index in [1.165, 1.54) is 50.3 Å². The van der Waals surface area contributed by atoms with Crippen LogP contribution in [-0.4, -0.2) is 74.8 Å². The molecule has 0 bridgehead atoms. The monoisotopic (exact) mass is 342 g/mol. The molecule has 23 heavy (non-hydrogen) atoms. The van der Waals surface area contributed by atoms with Crippen molar-refractivity contribution in [3.63, 3.8) is 0 Å². The van der Waals surface area contributed by atoms with Gasteiger partial charge in [0.2, 0.25) is 0 Å². The Hall–Kier alpha value is -0.460. The van der Waals surface area contributed by atoms with E-state index in [2.05, 4.69) is 34.2 Å². The van der Waals surface area contributed by atoms with E-state index in [0.717, 1.165) is 38.1 Å². The maximum Gasteiger partial charge on any atom is 0.191 e. The summed E-state index contributed by atoms with van der Waals surface area (Å²) >= 11 is 2.05. The second-order valence-corrected chi connectivity index (χ2v) is 7.71. The van der Waals surface area contributed by atoms with Gasteiger partial charge in [-0.2, -0.15) is 11.8 Å². The summed E-state index contributed by atoms with van der Waals surface area (Å²) in [6, 6.07) is 0.586. The maximum absolute atomic E-state index is 5.17. The highest BCUT2D eigenvalue weighted by Crippen LogP contribution is 2.18. The van der Waals surface area contributed by atoms with E-state index in [1.807, 2.05) is 0 Å². The van der Waals surface area contributed by atoms with Crippen LogP contribution in [0.1, 0.15) is 32.6 Å². The molecule has 134 valence electrons. The van der Waals surface area contributed by atoms with E-state index in [1.54, 1.807) is 7.11 Å². The first-order chi connectivity index (χ1) is 11.3. The summed E-state index contributed by atoms with van der Waals surface area (Å²) in [5, 5.41) is 7.03. The van der Waals surface area contributed by atoms with Crippen LogP contribution in [0.5, 0.6) is 0 Å². The number of piperidine rings is 1. The van der Waals surface area contributed by atoms with Crippen molar-refractivity contribution in [2.24, 2.45) is 10.9 Å². The van der Waals surface area contributed by atoms with Crippen LogP contribution < -0.4 is 10.6 Å². The minimum absolute atomic E-state index is 0.586. The van der Waals surface area contributed by atoms with Crippen molar-refractivity contribution in [1.29, 1.82) is 0 Å². The highest BCUT2D eigenvalue weighted by Gasteiger charge is 2.19. The molecule has 0 aromatic carbocycles. The predicted octanol–water partition coefficient (Wildman–Crippen LogP) is 1.80. The van der Waals surface area contributed by atoms with Crippen molar-refractivity contribution >= 4 is 17.7 Å². The lowest BCUT2D eigenvalue weighted by Gasteiger charge is -2.31. The zero-order valence-electron chi connectivity index (χ0n) is 14.9. The van der Waals surface area contributed by atoms with E-state index < -0.39 is 0 Å². The standard InChI is InChI=1S/C17H34N4OS/c1-3-18-17(20-16-5-4-12-23-14-16)19-13-15-6-8-21(9-7-15)10-11-22-2/h15-16H,3-14H2,1-2H3,(H2,18,19,20). The van der Waals surface area contributed by atoms with Crippen LogP contribution in [0.2, 0.25) is 0 Å². The molecule has 2 aliphatic heterocycles. The van der Waals surface area contributed by atoms with E-state index in [4.69, 9.17) is 9.73 Å². The SMILES string of the molecule is CCNC(=NCC1CCN(CCOC)CC1)NC1CCCSC1. The molecule has 2 rings (SSSR count). The van der Waals surface area contributed by atoms with Gasteiger partial charge in [-0.05, 0) is 57.4 Å². The van der Waals surface area contributed by atoms with Gasteiger partial charge in [0, 0.05) is 38.5 Å². The summed E-state index contributed by atoms with van der Waals surface area (Å²) in [7, 11) is 1.78. The summed E-state index contributed by atoms with van der Waals surface area (Å²) < 4.78 is 5.17. The van der Waals surface area contributed by atoms with Crippen molar-refractivity contribution in [3.8, 4) is 0 Å². The number of thioether (sulfide) groups is 1. The van der Waals surface area contributed by atoms with Gasteiger partial charge >= 0.3 is 0 Å². The smallest absolute Gasteiger partial charge is 0.191 e. The normalized spacial score (nSPS) is 24.6. The van der Waals surface area contributed by atoms with Crippen molar-refractivity contribution in [1.82, 2.24) is 15.5 Å². The first kappa shape index (κ1) is 18.9. The van der Waals surface area contributed by atoms with Crippen molar-refractivity contribution in [2.45, 2.75) is 38.6 Å². The largest absolute Gasteiger partial charge is 0.383 e. The Morgan fingerprint density at radius 2 is 2.13 bits per heavy atom. The van der Waals surface area contributed by atoms with Crippen molar-refractivity contribution in [2.75, 3.05) is 57.9 Å². The Balaban J connectivity index is 1.72. The summed E-state index contributed by atoms with van der Waals surface area (Å²) in [6.07, 6.45) is 5.11. The number of nitrogens with one attached hydrogen (secondary N) is 2. The zero-order valence-corrected chi connectivity index (χ0v) is 15.7. The van der Waals surface area contributed by atoms with Crippen LogP contribution in [0.4, 0.5) is 0 Å². The van der Waals surface area contributed by atoms with E-state index in [0.29, 0.717) is 6.04 Å². The van der Waals surface area contributed by atoms with Crippen LogP contribution in [0, 0.1) is 5.92 Å². The van der Waals surface area contributed by atoms with Gasteiger partial charge in [-0.25, -0.2) is 0 Å². The minimum Gasteiger partial charge on any atom is -0.383 e. The average Bonchev–Trinajstić information content (AvgIpc) is 2.60. The molecule has 0 spiro atoms. The zero-order chi connectivity index (χ0) is 16.3. The minimum atomic E-state index is 0.586. The number of hydrogen-bond donors (Lipinski definition) is 2. The molecule has 0 saturated carbocycles. The third kappa shape index (κ3) is 7.31. The molecule has 6 heteroatoms. The average molecular weight is 343 g/mol. The lowest BCUT2D eigenvalue weighted by Crippen LogP contribution is -2.46. The fraction of sp³-hybridized carbons (Fsp3) is 0.941. The number of aliphatic imine (C=N–C) groups is 1. The summed E-state index contributed by atoms with van der Waals surface area (Å²) in [6.45, 7) is 8.31. The highest BCUT2D eigenvalue weighted by molar-refractivity contribution is 7.99. The second kappa shape index (κ2) is 11.2. The summed E-state index contributed by atoms with van der Waals surface area (Å²) in [5.74, 6) is 4.27. The Bertz CT molecular complexity index is 339. The molecule has 2 heterocycles. The molecule has 2 saturated heterocycles. The molecule has 2 N–H and O–H groups in total. The molecule has 0 aliphatic carbocycles. The molecule has 0 aromatic rings. The van der Waals surface area contributed by atoms with Gasteiger partial charge < -0.3 is 20.3 Å². The van der Waals surface area contributed by atoms with Crippen LogP contribution in [0.25, 0.3) is 0 Å². The number of ether oxygens (including phenoxy) is 1. The highest BCUT2D eigenvalue weighted by atomic mass is 32.2. The number of hydrogen-bond acceptors (Lipinski definition) is 4. The molecule has 2 fully saturated rings. The van der Waals surface area contributed by atoms with Gasteiger partial charge in [-0.3, -0.25) is 4.99 Å². The third-order valence-electron chi connectivity index (χ3n) is 4.67. The number of guanidine groups is 1. The van der Waals surface area contributed by atoms with Gasteiger partial charge in [-0.15, -0.1) is 0 Å². The molecule has 1 unspecified atom stereocenters. The topological polar surface area (TPSA) is 48.9 Å². The van der Waals surface area contributed by atoms with Gasteiger partial charge in [0.15, 0.2) is 5.96 Å². The Morgan fingerprint density at radius 1 is 1.30 bits per heavy atom. The van der Waals surface area contributed by atoms with Gasteiger partial charge in [0.25, 0.3) is 0 Å². The predicted molar refractivity (Wildman–Crippen MR) is 101 cm³/mol. The molecule has 2 aliphatic rings. The Kier molecular flexibility index (Phi) is 9.15. The third-order valence-corrected chi connectivity index (χ3v) is 5.89. The maximum atomic E-state index is 5.17. The molecule has 0 radical (unpaired) electrons. The quantitative estimate of drug-likeness (QED) is 0.546. The van der Waals surface area contributed by atoms with E-state index >= 15 is 0 Å². The lowest BCUT2D eigenvalue weighted by molar-refractivity contribution is 0.121. The Morgan fingerprint density at radius 3 is 2.78 bits per heavy atom. The number of likely N-dealkylation sites (tertiary alicyclic amines) is 1. The van der Waals surface area contributed by atoms with Crippen molar-refractivity contribution < 1.29 is 4.74 Å². The van der Waals surface area contributed by atoms with Gasteiger partial charge in [-0.1, -0.05) is 0 Å². The fourth-order valence-electron chi connectivity index (χ4n) is 3.20. The van der Waals surface area contributed by atoms with Gasteiger partial charge in [0.05, 0.1) is 6.61 Å². The first-order valence-corrected chi connectivity index (χ1v) is 10.3. The summed E-state index contributed by atoms with van der Waals surface area (Å²) in [5.41, 5.74) is 0. The fourth-order valence-corrected chi connectivity index (χ4v) is 4.27. The molecule has 1 atom stereocenters. The van der Waals surface area contributed by atoms with Crippen LogP contribution >= 0.6 is 11.8 Å². The van der Waals surface area contributed by atoms with Gasteiger partial charge in [0.1, 0.15) is 0 Å². The molecule has 0 amide bonds. The molecular weight excluding hydrogens is 308 g/mol. The van der Waals surface area contributed by atoms with Crippen LogP contribution in [-0.2, 0) is 4.74 Å². The number of nitrogens with zero attached hydrogens (tertiary/aromatic N) is 2. The van der Waals surface area contributed by atoms with Crippen molar-refractivity contribution in [3.05, 3.63) is 0 Å². The van der Waals surface area contributed by atoms with E-state index in [9.17, 15) is 0 Å². The van der Waals surface area contributed by atoms with Crippen LogP contribution in [0.3, 0.4) is 0 Å². The Labute approximate surface area is 146 Å². The lowest BCUT2D eigenvalue weighted by atomic mass is 9.97. The number of rotatable bonds is 7.